The lowest BCUT2D eigenvalue weighted by Gasteiger charge is -2.33. The maximum Gasteiger partial charge on any atom is 0.335 e. The summed E-state index contributed by atoms with van der Waals surface area (Å²) >= 11 is 0. The number of carboxylic acid groups (broad SMARTS) is 1. The van der Waals surface area contributed by atoms with E-state index in [1.165, 1.54) is 24.3 Å². The van der Waals surface area contributed by atoms with E-state index in [1.807, 2.05) is 0 Å². The minimum Gasteiger partial charge on any atom is -0.478 e. The standard InChI is InChI=1S/C25H39N9O7S/c26-24(27)30-9-3-5-18(14-35)32-21(36)13-31-22(37)20(12-16-7-10-34(11-8-16)25(28)29)33-42(40,41)15-17-4-1-2-6-19(17)23(38)39/h1-2,4,6,14,16,18,20,33H,3,5,7-13,15H2,(H3,28,29)(H,31,37)(H,32,36)(H,38,39)(H4,26,27,30)/t18-,20+/m0/s1. The van der Waals surface area contributed by atoms with Gasteiger partial charge in [0.15, 0.2) is 11.9 Å². The van der Waals surface area contributed by atoms with Gasteiger partial charge in [-0.15, -0.1) is 0 Å². The van der Waals surface area contributed by atoms with Crippen LogP contribution in [0.1, 0.15) is 48.0 Å². The Morgan fingerprint density at radius 3 is 2.43 bits per heavy atom. The predicted octanol–water partition coefficient (Wildman–Crippen LogP) is -1.98. The Kier molecular flexibility index (Phi) is 13.1. The summed E-state index contributed by atoms with van der Waals surface area (Å²) in [7, 11) is -4.20. The highest BCUT2D eigenvalue weighted by Gasteiger charge is 2.31. The van der Waals surface area contributed by atoms with E-state index in [2.05, 4.69) is 20.3 Å². The van der Waals surface area contributed by atoms with E-state index >= 15 is 0 Å². The summed E-state index contributed by atoms with van der Waals surface area (Å²) in [5.41, 5.74) is 15.9. The fraction of sp³-hybridized carbons (Fsp3) is 0.520. The number of sulfonamides is 1. The number of nitrogens with one attached hydrogen (secondary N) is 4. The Bertz CT molecular complexity index is 1260. The van der Waals surface area contributed by atoms with Gasteiger partial charge in [-0.2, -0.15) is 0 Å². The Balaban J connectivity index is 2.08. The summed E-state index contributed by atoms with van der Waals surface area (Å²) in [6, 6.07) is 3.54. The summed E-state index contributed by atoms with van der Waals surface area (Å²) < 4.78 is 28.5. The number of nitrogens with two attached hydrogens (primary N) is 3. The van der Waals surface area contributed by atoms with Gasteiger partial charge >= 0.3 is 5.97 Å². The molecule has 0 unspecified atom stereocenters. The molecule has 232 valence electrons. The van der Waals surface area contributed by atoms with Gasteiger partial charge in [-0.3, -0.25) is 20.0 Å². The average Bonchev–Trinajstić information content (AvgIpc) is 2.92. The molecule has 1 aliphatic heterocycles. The van der Waals surface area contributed by atoms with Crippen molar-refractivity contribution < 1.29 is 32.7 Å². The van der Waals surface area contributed by atoms with Crippen molar-refractivity contribution in [2.24, 2.45) is 28.1 Å². The highest BCUT2D eigenvalue weighted by molar-refractivity contribution is 7.88. The third-order valence-corrected chi connectivity index (χ3v) is 7.99. The minimum absolute atomic E-state index is 0.0468. The van der Waals surface area contributed by atoms with Gasteiger partial charge in [0, 0.05) is 19.6 Å². The number of amides is 2. The Morgan fingerprint density at radius 2 is 1.83 bits per heavy atom. The molecule has 0 aromatic heterocycles. The average molecular weight is 610 g/mol. The SMILES string of the molecule is N=C(N)N1CCC(C[C@@H](NS(=O)(=O)Cc2ccccc2C(=O)O)C(=O)NCC(=O)N[C@H](C=O)CCCN=C(N)N)CC1. The zero-order valence-electron chi connectivity index (χ0n) is 23.1. The van der Waals surface area contributed by atoms with Crippen LogP contribution in [0.2, 0.25) is 0 Å². The number of likely N-dealkylation sites (tertiary alicyclic amines) is 1. The molecule has 17 heteroatoms. The lowest BCUT2D eigenvalue weighted by atomic mass is 9.90. The summed E-state index contributed by atoms with van der Waals surface area (Å²) in [4.78, 5) is 53.9. The molecular formula is C25H39N9O7S. The number of hydrogen-bond acceptors (Lipinski definition) is 8. The van der Waals surface area contributed by atoms with Gasteiger partial charge in [0.2, 0.25) is 21.8 Å². The number of nitrogens with zero attached hydrogens (tertiary/aromatic N) is 2. The van der Waals surface area contributed by atoms with Crippen LogP contribution in [0.4, 0.5) is 0 Å². The fourth-order valence-electron chi connectivity index (χ4n) is 4.51. The summed E-state index contributed by atoms with van der Waals surface area (Å²) in [5.74, 6) is -3.64. The second-order valence-electron chi connectivity index (χ2n) is 9.92. The van der Waals surface area contributed by atoms with Crippen LogP contribution in [0.15, 0.2) is 29.3 Å². The van der Waals surface area contributed by atoms with Crippen molar-refractivity contribution in [2.75, 3.05) is 26.2 Å². The molecule has 2 atom stereocenters. The molecule has 0 spiro atoms. The molecule has 0 bridgehead atoms. The number of benzene rings is 1. The Labute approximate surface area is 244 Å². The number of carbonyl (C=O) groups excluding carboxylic acids is 3. The number of carboxylic acids is 1. The van der Waals surface area contributed by atoms with Crippen LogP contribution >= 0.6 is 0 Å². The molecular weight excluding hydrogens is 570 g/mol. The zero-order valence-corrected chi connectivity index (χ0v) is 23.9. The van der Waals surface area contributed by atoms with Gasteiger partial charge < -0.3 is 42.6 Å². The smallest absolute Gasteiger partial charge is 0.335 e. The molecule has 16 nitrogen and oxygen atoms in total. The van der Waals surface area contributed by atoms with Gasteiger partial charge in [-0.1, -0.05) is 18.2 Å². The number of carbonyl (C=O) groups is 4. The molecule has 11 N–H and O–H groups in total. The van der Waals surface area contributed by atoms with Crippen LogP contribution < -0.4 is 32.6 Å². The first-order chi connectivity index (χ1) is 19.8. The van der Waals surface area contributed by atoms with Gasteiger partial charge in [0.05, 0.1) is 23.9 Å². The number of guanidine groups is 2. The van der Waals surface area contributed by atoms with E-state index in [1.54, 1.807) is 4.90 Å². The normalized spacial score (nSPS) is 15.2. The van der Waals surface area contributed by atoms with E-state index in [9.17, 15) is 32.7 Å². The van der Waals surface area contributed by atoms with Crippen molar-refractivity contribution in [3.8, 4) is 0 Å². The molecule has 1 aliphatic rings. The highest BCUT2D eigenvalue weighted by Crippen LogP contribution is 2.23. The number of aromatic carboxylic acids is 1. The summed E-state index contributed by atoms with van der Waals surface area (Å²) in [6.45, 7) is 0.681. The highest BCUT2D eigenvalue weighted by atomic mass is 32.2. The van der Waals surface area contributed by atoms with Crippen LogP contribution in [-0.4, -0.2) is 92.7 Å². The second kappa shape index (κ2) is 16.3. The first-order valence-electron chi connectivity index (χ1n) is 13.3. The third kappa shape index (κ3) is 11.7. The number of aliphatic imine (C=N–C) groups is 1. The van der Waals surface area contributed by atoms with Crippen molar-refractivity contribution >= 4 is 46.0 Å². The quantitative estimate of drug-likeness (QED) is 0.0440. The molecule has 2 rings (SSSR count). The Hall–Kier alpha value is -4.25. The summed E-state index contributed by atoms with van der Waals surface area (Å²) in [5, 5.41) is 21.9. The number of rotatable bonds is 16. The van der Waals surface area contributed by atoms with Crippen molar-refractivity contribution in [3.63, 3.8) is 0 Å². The van der Waals surface area contributed by atoms with E-state index in [-0.39, 0.29) is 48.4 Å². The van der Waals surface area contributed by atoms with E-state index < -0.39 is 52.2 Å². The van der Waals surface area contributed by atoms with Crippen molar-refractivity contribution in [3.05, 3.63) is 35.4 Å². The van der Waals surface area contributed by atoms with E-state index in [0.717, 1.165) is 0 Å². The fourth-order valence-corrected chi connectivity index (χ4v) is 5.89. The third-order valence-electron chi connectivity index (χ3n) is 6.66. The van der Waals surface area contributed by atoms with Gasteiger partial charge in [-0.05, 0) is 49.7 Å². The molecule has 0 saturated carbocycles. The molecule has 0 radical (unpaired) electrons. The van der Waals surface area contributed by atoms with Crippen molar-refractivity contribution in [1.29, 1.82) is 5.41 Å². The van der Waals surface area contributed by atoms with Crippen LogP contribution in [0, 0.1) is 11.3 Å². The number of piperidine rings is 1. The maximum absolute atomic E-state index is 13.1. The number of hydrogen-bond donors (Lipinski definition) is 8. The van der Waals surface area contributed by atoms with Crippen LogP contribution in [0.3, 0.4) is 0 Å². The van der Waals surface area contributed by atoms with Crippen molar-refractivity contribution in [2.45, 2.75) is 49.9 Å². The second-order valence-corrected chi connectivity index (χ2v) is 11.7. The van der Waals surface area contributed by atoms with Crippen molar-refractivity contribution in [1.82, 2.24) is 20.3 Å². The maximum atomic E-state index is 13.1. The molecule has 42 heavy (non-hydrogen) atoms. The van der Waals surface area contributed by atoms with Crippen LogP contribution in [-0.2, 0) is 30.2 Å². The number of aldehydes is 1. The molecule has 2 amide bonds. The molecule has 1 aromatic rings. The Morgan fingerprint density at radius 1 is 1.17 bits per heavy atom. The summed E-state index contributed by atoms with van der Waals surface area (Å²) in [6.07, 6.45) is 2.43. The van der Waals surface area contributed by atoms with E-state index in [0.29, 0.717) is 38.6 Å². The first-order valence-corrected chi connectivity index (χ1v) is 14.9. The van der Waals surface area contributed by atoms with Gasteiger partial charge in [0.1, 0.15) is 12.3 Å². The van der Waals surface area contributed by atoms with Crippen LogP contribution in [0.25, 0.3) is 0 Å². The monoisotopic (exact) mass is 609 g/mol. The lowest BCUT2D eigenvalue weighted by molar-refractivity contribution is -0.128. The molecule has 1 aromatic carbocycles. The predicted molar refractivity (Wildman–Crippen MR) is 155 cm³/mol. The molecule has 1 saturated heterocycles. The molecule has 1 heterocycles. The largest absolute Gasteiger partial charge is 0.478 e. The lowest BCUT2D eigenvalue weighted by Crippen LogP contribution is -2.51. The van der Waals surface area contributed by atoms with Crippen LogP contribution in [0.5, 0.6) is 0 Å². The molecule has 1 fully saturated rings. The topological polar surface area (TPSA) is 276 Å². The van der Waals surface area contributed by atoms with E-state index in [4.69, 9.17) is 22.6 Å². The zero-order chi connectivity index (χ0) is 31.3. The molecule has 0 aliphatic carbocycles. The van der Waals surface area contributed by atoms with Gasteiger partial charge in [0.25, 0.3) is 0 Å². The minimum atomic E-state index is -4.20. The van der Waals surface area contributed by atoms with Gasteiger partial charge in [-0.25, -0.2) is 17.9 Å². The first kappa shape index (κ1) is 34.0.